The molecule has 2 N–H and O–H groups in total. The van der Waals surface area contributed by atoms with E-state index in [1.54, 1.807) is 31.2 Å². The van der Waals surface area contributed by atoms with Gasteiger partial charge in [0.25, 0.3) is 5.91 Å². The third-order valence-electron chi connectivity index (χ3n) is 3.84. The molecule has 0 aromatic heterocycles. The number of rotatable bonds is 7. The summed E-state index contributed by atoms with van der Waals surface area (Å²) in [7, 11) is 0. The van der Waals surface area contributed by atoms with Crippen LogP contribution in [0.4, 0.5) is 5.69 Å². The van der Waals surface area contributed by atoms with Gasteiger partial charge >= 0.3 is 5.97 Å². The van der Waals surface area contributed by atoms with Gasteiger partial charge in [-0.2, -0.15) is 0 Å². The van der Waals surface area contributed by atoms with Gasteiger partial charge in [0.05, 0.1) is 0 Å². The summed E-state index contributed by atoms with van der Waals surface area (Å²) in [6, 6.07) is 14.4. The molecule has 0 saturated heterocycles. The lowest BCUT2D eigenvalue weighted by Crippen LogP contribution is -2.35. The van der Waals surface area contributed by atoms with E-state index in [1.807, 2.05) is 30.3 Å². The van der Waals surface area contributed by atoms with Crippen LogP contribution in [0.15, 0.2) is 54.6 Å². The standard InChI is InChI=1S/C21H21ClN2O4/c1-14-17(22)9-6-10-18(14)24-21(27)15(2)28-20(26)13-23-19(25)12-11-16-7-4-3-5-8-16/h3-12,15H,13H2,1-2H3,(H,23,25)(H,24,27)/b12-11+/t15-/m0/s1. The molecular formula is C21H21ClN2O4. The van der Waals surface area contributed by atoms with Crippen LogP contribution in [-0.2, 0) is 19.1 Å². The first kappa shape index (κ1) is 21.2. The maximum atomic E-state index is 12.2. The second-order valence-electron chi connectivity index (χ2n) is 6.00. The number of ether oxygens (including phenoxy) is 1. The van der Waals surface area contributed by atoms with Gasteiger partial charge < -0.3 is 15.4 Å². The van der Waals surface area contributed by atoms with Crippen molar-refractivity contribution < 1.29 is 19.1 Å². The molecule has 0 spiro atoms. The van der Waals surface area contributed by atoms with Crippen LogP contribution in [0.2, 0.25) is 5.02 Å². The van der Waals surface area contributed by atoms with Crippen molar-refractivity contribution in [2.24, 2.45) is 0 Å². The van der Waals surface area contributed by atoms with E-state index in [-0.39, 0.29) is 6.54 Å². The van der Waals surface area contributed by atoms with Crippen molar-refractivity contribution in [3.8, 4) is 0 Å². The minimum absolute atomic E-state index is 0.341. The van der Waals surface area contributed by atoms with E-state index in [1.165, 1.54) is 13.0 Å². The quantitative estimate of drug-likeness (QED) is 0.551. The molecule has 0 aliphatic rings. The lowest BCUT2D eigenvalue weighted by Gasteiger charge is -2.15. The van der Waals surface area contributed by atoms with Gasteiger partial charge in [-0.1, -0.05) is 48.0 Å². The Hall–Kier alpha value is -3.12. The molecule has 1 atom stereocenters. The van der Waals surface area contributed by atoms with Crippen molar-refractivity contribution in [1.29, 1.82) is 0 Å². The van der Waals surface area contributed by atoms with Crippen LogP contribution < -0.4 is 10.6 Å². The van der Waals surface area contributed by atoms with Crippen LogP contribution in [0.5, 0.6) is 0 Å². The van der Waals surface area contributed by atoms with Gasteiger partial charge in [-0.15, -0.1) is 0 Å². The highest BCUT2D eigenvalue weighted by atomic mass is 35.5. The molecule has 0 bridgehead atoms. The van der Waals surface area contributed by atoms with E-state index in [0.29, 0.717) is 16.3 Å². The predicted octanol–water partition coefficient (Wildman–Crippen LogP) is 3.35. The van der Waals surface area contributed by atoms with Crippen molar-refractivity contribution in [2.45, 2.75) is 20.0 Å². The van der Waals surface area contributed by atoms with Gasteiger partial charge in [0.1, 0.15) is 6.54 Å². The zero-order valence-corrected chi connectivity index (χ0v) is 16.3. The maximum absolute atomic E-state index is 12.2. The smallest absolute Gasteiger partial charge is 0.326 e. The van der Waals surface area contributed by atoms with Gasteiger partial charge in [0.2, 0.25) is 5.91 Å². The summed E-state index contributed by atoms with van der Waals surface area (Å²) in [5, 5.41) is 5.60. The molecule has 0 fully saturated rings. The fourth-order valence-corrected chi connectivity index (χ4v) is 2.40. The molecule has 2 rings (SSSR count). The number of esters is 1. The topological polar surface area (TPSA) is 84.5 Å². The van der Waals surface area contributed by atoms with E-state index in [2.05, 4.69) is 10.6 Å². The Morgan fingerprint density at radius 1 is 1.11 bits per heavy atom. The number of benzene rings is 2. The van der Waals surface area contributed by atoms with E-state index in [9.17, 15) is 14.4 Å². The highest BCUT2D eigenvalue weighted by molar-refractivity contribution is 6.31. The molecule has 0 heterocycles. The zero-order chi connectivity index (χ0) is 20.5. The van der Waals surface area contributed by atoms with E-state index in [0.717, 1.165) is 5.56 Å². The molecule has 28 heavy (non-hydrogen) atoms. The lowest BCUT2D eigenvalue weighted by atomic mass is 10.2. The summed E-state index contributed by atoms with van der Waals surface area (Å²) in [5.74, 6) is -1.64. The van der Waals surface area contributed by atoms with Crippen LogP contribution in [0, 0.1) is 6.92 Å². The first-order valence-electron chi connectivity index (χ1n) is 8.63. The second-order valence-corrected chi connectivity index (χ2v) is 6.40. The van der Waals surface area contributed by atoms with Gasteiger partial charge in [0.15, 0.2) is 6.10 Å². The number of halogens is 1. The normalized spacial score (nSPS) is 11.7. The third-order valence-corrected chi connectivity index (χ3v) is 4.25. The minimum atomic E-state index is -1.03. The molecular weight excluding hydrogens is 380 g/mol. The Labute approximate surface area is 168 Å². The van der Waals surface area contributed by atoms with Crippen LogP contribution in [-0.4, -0.2) is 30.4 Å². The Morgan fingerprint density at radius 2 is 1.82 bits per heavy atom. The average Bonchev–Trinajstić information content (AvgIpc) is 2.69. The molecule has 0 unspecified atom stereocenters. The molecule has 6 nitrogen and oxygen atoms in total. The van der Waals surface area contributed by atoms with Crippen molar-refractivity contribution >= 4 is 41.1 Å². The average molecular weight is 401 g/mol. The molecule has 7 heteroatoms. The number of hydrogen-bond acceptors (Lipinski definition) is 4. The fraction of sp³-hybridized carbons (Fsp3) is 0.190. The van der Waals surface area contributed by atoms with Crippen molar-refractivity contribution in [2.75, 3.05) is 11.9 Å². The number of amides is 2. The molecule has 0 radical (unpaired) electrons. The van der Waals surface area contributed by atoms with Crippen molar-refractivity contribution in [1.82, 2.24) is 5.32 Å². The summed E-state index contributed by atoms with van der Waals surface area (Å²) in [5.41, 5.74) is 2.12. The molecule has 0 saturated carbocycles. The second kappa shape index (κ2) is 10.3. The molecule has 0 aliphatic heterocycles. The predicted molar refractivity (Wildman–Crippen MR) is 109 cm³/mol. The Bertz CT molecular complexity index is 881. The number of nitrogens with one attached hydrogen (secondary N) is 2. The van der Waals surface area contributed by atoms with Gasteiger partial charge in [0, 0.05) is 16.8 Å². The lowest BCUT2D eigenvalue weighted by molar-refractivity contribution is -0.152. The van der Waals surface area contributed by atoms with Crippen LogP contribution >= 0.6 is 11.6 Å². The SMILES string of the molecule is Cc1c(Cl)cccc1NC(=O)[C@H](C)OC(=O)CNC(=O)/C=C/c1ccccc1. The largest absolute Gasteiger partial charge is 0.451 e. The summed E-state index contributed by atoms with van der Waals surface area (Å²) >= 11 is 6.01. The van der Waals surface area contributed by atoms with Crippen LogP contribution in [0.1, 0.15) is 18.1 Å². The zero-order valence-electron chi connectivity index (χ0n) is 15.6. The number of anilines is 1. The highest BCUT2D eigenvalue weighted by Gasteiger charge is 2.19. The Kier molecular flexibility index (Phi) is 7.77. The van der Waals surface area contributed by atoms with Gasteiger partial charge in [-0.3, -0.25) is 14.4 Å². The number of carbonyl (C=O) groups excluding carboxylic acids is 3. The molecule has 2 amide bonds. The molecule has 2 aromatic rings. The third kappa shape index (κ3) is 6.55. The summed E-state index contributed by atoms with van der Waals surface area (Å²) in [6.07, 6.45) is 1.92. The number of hydrogen-bond donors (Lipinski definition) is 2. The van der Waals surface area contributed by atoms with E-state index >= 15 is 0 Å². The molecule has 2 aromatic carbocycles. The summed E-state index contributed by atoms with van der Waals surface area (Å²) in [4.78, 5) is 35.8. The Morgan fingerprint density at radius 3 is 2.54 bits per heavy atom. The van der Waals surface area contributed by atoms with E-state index < -0.39 is 23.9 Å². The first-order chi connectivity index (χ1) is 13.4. The monoisotopic (exact) mass is 400 g/mol. The molecule has 0 aliphatic carbocycles. The minimum Gasteiger partial charge on any atom is -0.451 e. The van der Waals surface area contributed by atoms with Crippen LogP contribution in [0.3, 0.4) is 0 Å². The van der Waals surface area contributed by atoms with E-state index in [4.69, 9.17) is 16.3 Å². The van der Waals surface area contributed by atoms with Crippen LogP contribution in [0.25, 0.3) is 6.08 Å². The van der Waals surface area contributed by atoms with Gasteiger partial charge in [-0.25, -0.2) is 0 Å². The first-order valence-corrected chi connectivity index (χ1v) is 9.01. The Balaban J connectivity index is 1.78. The summed E-state index contributed by atoms with van der Waals surface area (Å²) < 4.78 is 5.04. The van der Waals surface area contributed by atoms with Gasteiger partial charge in [-0.05, 0) is 43.2 Å². The maximum Gasteiger partial charge on any atom is 0.326 e. The van der Waals surface area contributed by atoms with Crippen molar-refractivity contribution in [3.05, 3.63) is 70.8 Å². The number of carbonyl (C=O) groups is 3. The highest BCUT2D eigenvalue weighted by Crippen LogP contribution is 2.23. The van der Waals surface area contributed by atoms with Crippen molar-refractivity contribution in [3.63, 3.8) is 0 Å². The summed E-state index contributed by atoms with van der Waals surface area (Å²) in [6.45, 7) is 2.88. The molecule has 146 valence electrons. The fourth-order valence-electron chi connectivity index (χ4n) is 2.22.